The first-order chi connectivity index (χ1) is 11.7. The highest BCUT2D eigenvalue weighted by Crippen LogP contribution is 2.34. The van der Waals surface area contributed by atoms with E-state index in [0.29, 0.717) is 23.0 Å². The summed E-state index contributed by atoms with van der Waals surface area (Å²) in [5.41, 5.74) is 0.249. The van der Waals surface area contributed by atoms with Crippen LogP contribution in [0.4, 0.5) is 0 Å². The lowest BCUT2D eigenvalue weighted by molar-refractivity contribution is 0.450. The van der Waals surface area contributed by atoms with Crippen LogP contribution < -0.4 is 9.47 Å². The number of hydrogen-bond donors (Lipinski definition) is 2. The summed E-state index contributed by atoms with van der Waals surface area (Å²) in [5.74, 6) is 1.94. The smallest absolute Gasteiger partial charge is 0.149 e. The molecular formula is C19H13NO4. The van der Waals surface area contributed by atoms with Crippen molar-refractivity contribution in [1.82, 2.24) is 0 Å². The average molecular weight is 319 g/mol. The van der Waals surface area contributed by atoms with Crippen LogP contribution in [-0.2, 0) is 0 Å². The third-order valence-electron chi connectivity index (χ3n) is 3.23. The lowest BCUT2D eigenvalue weighted by Gasteiger charge is -2.12. The van der Waals surface area contributed by atoms with Gasteiger partial charge in [0.1, 0.15) is 46.1 Å². The fraction of sp³-hybridized carbons (Fsp3) is 0. The highest BCUT2D eigenvalue weighted by Gasteiger charge is 2.12. The molecule has 0 amide bonds. The lowest BCUT2D eigenvalue weighted by atomic mass is 10.2. The molecule has 0 heterocycles. The van der Waals surface area contributed by atoms with Gasteiger partial charge in [-0.15, -0.1) is 0 Å². The van der Waals surface area contributed by atoms with Gasteiger partial charge in [-0.05, 0) is 60.7 Å². The predicted molar refractivity (Wildman–Crippen MR) is 87.5 cm³/mol. The molecule has 0 aliphatic carbocycles. The molecule has 0 saturated heterocycles. The Morgan fingerprint density at radius 3 is 1.46 bits per heavy atom. The van der Waals surface area contributed by atoms with Crippen molar-refractivity contribution in [1.29, 1.82) is 5.26 Å². The van der Waals surface area contributed by atoms with Crippen LogP contribution >= 0.6 is 0 Å². The van der Waals surface area contributed by atoms with Gasteiger partial charge in [-0.2, -0.15) is 5.26 Å². The normalized spacial score (nSPS) is 9.96. The summed E-state index contributed by atoms with van der Waals surface area (Å²) in [6, 6.07) is 19.5. The van der Waals surface area contributed by atoms with E-state index < -0.39 is 0 Å². The van der Waals surface area contributed by atoms with Crippen molar-refractivity contribution in [3.05, 3.63) is 72.3 Å². The van der Waals surface area contributed by atoms with E-state index >= 15 is 0 Å². The van der Waals surface area contributed by atoms with Crippen LogP contribution in [0.2, 0.25) is 0 Å². The molecule has 3 aromatic rings. The van der Waals surface area contributed by atoms with E-state index in [2.05, 4.69) is 6.07 Å². The summed E-state index contributed by atoms with van der Waals surface area (Å²) in [6.07, 6.45) is 0. The lowest BCUT2D eigenvalue weighted by Crippen LogP contribution is -1.93. The fourth-order valence-corrected chi connectivity index (χ4v) is 2.07. The molecule has 118 valence electrons. The van der Waals surface area contributed by atoms with Gasteiger partial charge in [-0.3, -0.25) is 0 Å². The van der Waals surface area contributed by atoms with Gasteiger partial charge in [0.2, 0.25) is 0 Å². The van der Waals surface area contributed by atoms with Crippen LogP contribution in [-0.4, -0.2) is 10.2 Å². The number of aromatic hydroxyl groups is 2. The minimum Gasteiger partial charge on any atom is -0.508 e. The molecule has 5 nitrogen and oxygen atoms in total. The van der Waals surface area contributed by atoms with Crippen LogP contribution in [0.15, 0.2) is 66.7 Å². The third kappa shape index (κ3) is 3.39. The number of nitrogens with zero attached hydrogens (tertiary/aromatic N) is 1. The molecule has 2 N–H and O–H groups in total. The number of ether oxygens (including phenoxy) is 2. The second-order valence-electron chi connectivity index (χ2n) is 4.93. The van der Waals surface area contributed by atoms with Crippen LogP contribution in [0.25, 0.3) is 0 Å². The molecule has 0 aromatic heterocycles. The van der Waals surface area contributed by atoms with E-state index in [-0.39, 0.29) is 17.1 Å². The van der Waals surface area contributed by atoms with Gasteiger partial charge in [0, 0.05) is 0 Å². The average Bonchev–Trinajstić information content (AvgIpc) is 2.59. The molecule has 0 unspecified atom stereocenters. The summed E-state index contributed by atoms with van der Waals surface area (Å²) in [5, 5.41) is 28.1. The predicted octanol–water partition coefficient (Wildman–Crippen LogP) is 4.55. The molecular weight excluding hydrogens is 306 g/mol. The van der Waals surface area contributed by atoms with Crippen LogP contribution in [0.5, 0.6) is 34.5 Å². The number of phenols is 2. The molecule has 3 rings (SSSR count). The topological polar surface area (TPSA) is 82.7 Å². The molecule has 0 fully saturated rings. The maximum absolute atomic E-state index is 9.45. The first-order valence-corrected chi connectivity index (χ1v) is 7.12. The highest BCUT2D eigenvalue weighted by atomic mass is 16.5. The monoisotopic (exact) mass is 319 g/mol. The summed E-state index contributed by atoms with van der Waals surface area (Å²) < 4.78 is 11.4. The Morgan fingerprint density at radius 1 is 0.667 bits per heavy atom. The summed E-state index contributed by atoms with van der Waals surface area (Å²) >= 11 is 0. The molecule has 0 bridgehead atoms. The molecule has 0 aliphatic heterocycles. The van der Waals surface area contributed by atoms with E-state index in [1.807, 2.05) is 0 Å². The van der Waals surface area contributed by atoms with Crippen molar-refractivity contribution in [3.63, 3.8) is 0 Å². The van der Waals surface area contributed by atoms with Crippen molar-refractivity contribution in [2.24, 2.45) is 0 Å². The molecule has 0 saturated carbocycles. The van der Waals surface area contributed by atoms with Gasteiger partial charge >= 0.3 is 0 Å². The molecule has 3 aromatic carbocycles. The number of rotatable bonds is 4. The van der Waals surface area contributed by atoms with Crippen LogP contribution in [0, 0.1) is 11.3 Å². The van der Waals surface area contributed by atoms with Gasteiger partial charge < -0.3 is 19.7 Å². The second-order valence-corrected chi connectivity index (χ2v) is 4.93. The Morgan fingerprint density at radius 2 is 1.08 bits per heavy atom. The Kier molecular flexibility index (Phi) is 4.21. The molecule has 0 spiro atoms. The molecule has 0 radical (unpaired) electrons. The van der Waals surface area contributed by atoms with Crippen molar-refractivity contribution in [2.75, 3.05) is 0 Å². The maximum atomic E-state index is 9.45. The number of hydrogen-bond acceptors (Lipinski definition) is 5. The Bertz CT molecular complexity index is 815. The maximum Gasteiger partial charge on any atom is 0.149 e. The zero-order chi connectivity index (χ0) is 16.9. The van der Waals surface area contributed by atoms with Gasteiger partial charge in [-0.25, -0.2) is 0 Å². The van der Waals surface area contributed by atoms with Gasteiger partial charge in [0.05, 0.1) is 0 Å². The quantitative estimate of drug-likeness (QED) is 0.737. The fourth-order valence-electron chi connectivity index (χ4n) is 2.07. The van der Waals surface area contributed by atoms with E-state index in [1.54, 1.807) is 42.5 Å². The van der Waals surface area contributed by atoms with E-state index in [9.17, 15) is 15.5 Å². The van der Waals surface area contributed by atoms with Crippen LogP contribution in [0.3, 0.4) is 0 Å². The Balaban J connectivity index is 1.89. The summed E-state index contributed by atoms with van der Waals surface area (Å²) in [7, 11) is 0. The zero-order valence-corrected chi connectivity index (χ0v) is 12.5. The highest BCUT2D eigenvalue weighted by molar-refractivity contribution is 5.55. The standard InChI is InChI=1S/C19H13NO4/c20-12-17-18(23-15-8-4-13(21)5-9-15)2-1-3-19(17)24-16-10-6-14(22)7-11-16/h1-11,21-22H. The van der Waals surface area contributed by atoms with E-state index in [1.165, 1.54) is 24.3 Å². The van der Waals surface area contributed by atoms with Crippen molar-refractivity contribution in [3.8, 4) is 40.6 Å². The molecule has 0 atom stereocenters. The van der Waals surface area contributed by atoms with Gasteiger partial charge in [-0.1, -0.05) is 6.07 Å². The molecule has 24 heavy (non-hydrogen) atoms. The minimum absolute atomic E-state index is 0.132. The van der Waals surface area contributed by atoms with Gasteiger partial charge in [0.25, 0.3) is 0 Å². The Hall–Kier alpha value is -3.65. The van der Waals surface area contributed by atoms with Gasteiger partial charge in [0.15, 0.2) is 0 Å². The van der Waals surface area contributed by atoms with Crippen molar-refractivity contribution < 1.29 is 19.7 Å². The summed E-state index contributed by atoms with van der Waals surface area (Å²) in [6.45, 7) is 0. The van der Waals surface area contributed by atoms with Crippen LogP contribution in [0.1, 0.15) is 5.56 Å². The van der Waals surface area contributed by atoms with Crippen molar-refractivity contribution in [2.45, 2.75) is 0 Å². The second kappa shape index (κ2) is 6.63. The molecule has 5 heteroatoms. The zero-order valence-electron chi connectivity index (χ0n) is 12.5. The Labute approximate surface area is 138 Å². The minimum atomic E-state index is 0.132. The van der Waals surface area contributed by atoms with E-state index in [4.69, 9.17) is 9.47 Å². The first kappa shape index (κ1) is 15.3. The third-order valence-corrected chi connectivity index (χ3v) is 3.23. The number of phenolic OH excluding ortho intramolecular Hbond substituents is 2. The number of nitriles is 1. The van der Waals surface area contributed by atoms with Crippen molar-refractivity contribution >= 4 is 0 Å². The number of benzene rings is 3. The SMILES string of the molecule is N#Cc1c(Oc2ccc(O)cc2)cccc1Oc1ccc(O)cc1. The largest absolute Gasteiger partial charge is 0.508 e. The summed E-state index contributed by atoms with van der Waals surface area (Å²) in [4.78, 5) is 0. The first-order valence-electron chi connectivity index (χ1n) is 7.12. The molecule has 0 aliphatic rings. The van der Waals surface area contributed by atoms with E-state index in [0.717, 1.165) is 0 Å².